The average molecular weight is 330 g/mol. The van der Waals surface area contributed by atoms with E-state index in [2.05, 4.69) is 25.2 Å². The molecule has 0 saturated carbocycles. The summed E-state index contributed by atoms with van der Waals surface area (Å²) in [6, 6.07) is 5.69. The second kappa shape index (κ2) is 7.14. The molecular formula is C20H30N2O2. The van der Waals surface area contributed by atoms with Gasteiger partial charge in [0.05, 0.1) is 6.04 Å². The Hall–Kier alpha value is -1.55. The molecule has 1 aliphatic heterocycles. The van der Waals surface area contributed by atoms with Gasteiger partial charge >= 0.3 is 0 Å². The van der Waals surface area contributed by atoms with Gasteiger partial charge in [0.25, 0.3) is 0 Å². The van der Waals surface area contributed by atoms with Crippen LogP contribution in [0.5, 0.6) is 5.75 Å². The molecule has 4 atom stereocenters. The smallest absolute Gasteiger partial charge is 0.239 e. The summed E-state index contributed by atoms with van der Waals surface area (Å²) in [5.74, 6) is 1.76. The van der Waals surface area contributed by atoms with Crippen molar-refractivity contribution in [3.8, 4) is 5.75 Å². The van der Waals surface area contributed by atoms with Crippen molar-refractivity contribution >= 4 is 5.91 Å². The number of carbonyl (C=O) groups excluding carboxylic acids is 1. The van der Waals surface area contributed by atoms with Crippen LogP contribution in [0.2, 0.25) is 0 Å². The van der Waals surface area contributed by atoms with Crippen LogP contribution in [-0.2, 0) is 11.2 Å². The minimum absolute atomic E-state index is 0.152. The van der Waals surface area contributed by atoms with Crippen molar-refractivity contribution in [3.05, 3.63) is 29.3 Å². The maximum atomic E-state index is 12.9. The van der Waals surface area contributed by atoms with E-state index in [-0.39, 0.29) is 18.0 Å². The van der Waals surface area contributed by atoms with Crippen molar-refractivity contribution < 1.29 is 9.90 Å². The van der Waals surface area contributed by atoms with E-state index in [9.17, 15) is 9.90 Å². The summed E-state index contributed by atoms with van der Waals surface area (Å²) >= 11 is 0. The van der Waals surface area contributed by atoms with Gasteiger partial charge in [-0.3, -0.25) is 10.1 Å². The molecular weight excluding hydrogens is 300 g/mol. The molecule has 132 valence electrons. The van der Waals surface area contributed by atoms with Gasteiger partial charge in [-0.15, -0.1) is 0 Å². The Kier molecular flexibility index (Phi) is 5.14. The minimum atomic E-state index is -0.194. The van der Waals surface area contributed by atoms with Gasteiger partial charge in [-0.2, -0.15) is 0 Å². The first kappa shape index (κ1) is 17.3. The zero-order valence-electron chi connectivity index (χ0n) is 15.1. The number of aromatic hydroxyl groups is 1. The molecule has 3 rings (SSSR count). The van der Waals surface area contributed by atoms with E-state index in [0.717, 1.165) is 43.5 Å². The van der Waals surface area contributed by atoms with Crippen LogP contribution >= 0.6 is 0 Å². The van der Waals surface area contributed by atoms with Gasteiger partial charge in [0.2, 0.25) is 5.91 Å². The molecule has 1 aromatic rings. The maximum absolute atomic E-state index is 12.9. The number of likely N-dealkylation sites (tertiary alicyclic amines) is 1. The molecule has 1 amide bonds. The minimum Gasteiger partial charge on any atom is -0.508 e. The van der Waals surface area contributed by atoms with Crippen LogP contribution in [0.1, 0.15) is 57.2 Å². The van der Waals surface area contributed by atoms with Gasteiger partial charge in [-0.1, -0.05) is 26.0 Å². The lowest BCUT2D eigenvalue weighted by molar-refractivity contribution is -0.136. The number of rotatable bonds is 3. The van der Waals surface area contributed by atoms with Gasteiger partial charge in [0, 0.05) is 19.1 Å². The molecule has 1 heterocycles. The van der Waals surface area contributed by atoms with E-state index < -0.39 is 0 Å². The molecule has 1 fully saturated rings. The summed E-state index contributed by atoms with van der Waals surface area (Å²) in [4.78, 5) is 14.9. The summed E-state index contributed by atoms with van der Waals surface area (Å²) in [5.41, 5.74) is 2.20. The highest BCUT2D eigenvalue weighted by Gasteiger charge is 2.30. The number of phenolic OH excluding ortho intramolecular Hbond substituents is 1. The second-order valence-electron chi connectivity index (χ2n) is 7.87. The SMILES string of the molecule is CC1CC(C)CN(C(=O)C(C)NC2CCCc3c(O)cccc32)C1. The van der Waals surface area contributed by atoms with E-state index in [4.69, 9.17) is 0 Å². The second-order valence-corrected chi connectivity index (χ2v) is 7.87. The Balaban J connectivity index is 1.68. The van der Waals surface area contributed by atoms with Crippen LogP contribution in [-0.4, -0.2) is 35.0 Å². The van der Waals surface area contributed by atoms with Gasteiger partial charge in [0.15, 0.2) is 0 Å². The fourth-order valence-electron chi connectivity index (χ4n) is 4.49. The summed E-state index contributed by atoms with van der Waals surface area (Å²) in [7, 11) is 0. The molecule has 4 heteroatoms. The molecule has 0 bridgehead atoms. The number of phenols is 1. The number of amides is 1. The van der Waals surface area contributed by atoms with Crippen molar-refractivity contribution in [1.82, 2.24) is 10.2 Å². The van der Waals surface area contributed by atoms with Gasteiger partial charge in [0.1, 0.15) is 5.75 Å². The first-order valence-electron chi connectivity index (χ1n) is 9.31. The first-order valence-corrected chi connectivity index (χ1v) is 9.31. The van der Waals surface area contributed by atoms with Crippen molar-refractivity contribution in [1.29, 1.82) is 0 Å². The van der Waals surface area contributed by atoms with Crippen molar-refractivity contribution in [3.63, 3.8) is 0 Å². The fourth-order valence-corrected chi connectivity index (χ4v) is 4.49. The van der Waals surface area contributed by atoms with Gasteiger partial charge in [-0.05, 0) is 61.6 Å². The van der Waals surface area contributed by atoms with Crippen molar-refractivity contribution in [2.24, 2.45) is 11.8 Å². The molecule has 1 aromatic carbocycles. The third kappa shape index (κ3) is 3.59. The number of hydrogen-bond acceptors (Lipinski definition) is 3. The molecule has 1 aliphatic carbocycles. The van der Waals surface area contributed by atoms with Crippen LogP contribution in [0.4, 0.5) is 0 Å². The number of carbonyl (C=O) groups is 1. The standard InChI is InChI=1S/C20H30N2O2/c1-13-10-14(2)12-22(11-13)20(24)15(3)21-18-8-4-7-17-16(18)6-5-9-19(17)23/h5-6,9,13-15,18,21,23H,4,7-8,10-12H2,1-3H3. The first-order chi connectivity index (χ1) is 11.5. The highest BCUT2D eigenvalue weighted by atomic mass is 16.3. The topological polar surface area (TPSA) is 52.6 Å². The quantitative estimate of drug-likeness (QED) is 0.894. The third-order valence-corrected chi connectivity index (χ3v) is 5.48. The predicted octanol–water partition coefficient (Wildman–Crippen LogP) is 3.25. The summed E-state index contributed by atoms with van der Waals surface area (Å²) < 4.78 is 0. The molecule has 2 aliphatic rings. The Bertz CT molecular complexity index is 591. The molecule has 4 unspecified atom stereocenters. The summed E-state index contributed by atoms with van der Waals surface area (Å²) in [6.45, 7) is 8.18. The number of piperidine rings is 1. The Morgan fingerprint density at radius 3 is 2.71 bits per heavy atom. The molecule has 1 saturated heterocycles. The molecule has 0 spiro atoms. The van der Waals surface area contributed by atoms with Crippen molar-refractivity contribution in [2.45, 2.75) is 58.5 Å². The fraction of sp³-hybridized carbons (Fsp3) is 0.650. The van der Waals surface area contributed by atoms with Crippen LogP contribution < -0.4 is 5.32 Å². The maximum Gasteiger partial charge on any atom is 0.239 e. The Morgan fingerprint density at radius 1 is 1.29 bits per heavy atom. The monoisotopic (exact) mass is 330 g/mol. The number of nitrogens with one attached hydrogen (secondary N) is 1. The van der Waals surface area contributed by atoms with Crippen LogP contribution in [0.25, 0.3) is 0 Å². The summed E-state index contributed by atoms with van der Waals surface area (Å²) in [5, 5.41) is 13.6. The van der Waals surface area contributed by atoms with E-state index in [0.29, 0.717) is 17.6 Å². The van der Waals surface area contributed by atoms with E-state index in [1.54, 1.807) is 6.07 Å². The Labute approximate surface area is 145 Å². The zero-order valence-corrected chi connectivity index (χ0v) is 15.1. The molecule has 0 aromatic heterocycles. The normalized spacial score (nSPS) is 28.3. The number of hydrogen-bond donors (Lipinski definition) is 2. The predicted molar refractivity (Wildman–Crippen MR) is 95.9 cm³/mol. The Morgan fingerprint density at radius 2 is 2.00 bits per heavy atom. The van der Waals surface area contributed by atoms with Gasteiger partial charge in [-0.25, -0.2) is 0 Å². The highest BCUT2D eigenvalue weighted by Crippen LogP contribution is 2.35. The van der Waals surface area contributed by atoms with Crippen molar-refractivity contribution in [2.75, 3.05) is 13.1 Å². The largest absolute Gasteiger partial charge is 0.508 e. The lowest BCUT2D eigenvalue weighted by Crippen LogP contribution is -2.51. The zero-order chi connectivity index (χ0) is 17.3. The molecule has 24 heavy (non-hydrogen) atoms. The van der Waals surface area contributed by atoms with E-state index in [1.807, 2.05) is 17.9 Å². The highest BCUT2D eigenvalue weighted by molar-refractivity contribution is 5.81. The molecule has 0 radical (unpaired) electrons. The number of benzene rings is 1. The van der Waals surface area contributed by atoms with E-state index in [1.165, 1.54) is 6.42 Å². The number of nitrogens with zero attached hydrogens (tertiary/aromatic N) is 1. The van der Waals surface area contributed by atoms with E-state index >= 15 is 0 Å². The average Bonchev–Trinajstić information content (AvgIpc) is 2.54. The number of fused-ring (bicyclic) bond motifs is 1. The molecule has 4 nitrogen and oxygen atoms in total. The van der Waals surface area contributed by atoms with Crippen LogP contribution in [0.15, 0.2) is 18.2 Å². The molecule has 2 N–H and O–H groups in total. The van der Waals surface area contributed by atoms with Crippen LogP contribution in [0.3, 0.4) is 0 Å². The lowest BCUT2D eigenvalue weighted by atomic mass is 9.86. The third-order valence-electron chi connectivity index (χ3n) is 5.48. The summed E-state index contributed by atoms with van der Waals surface area (Å²) in [6.07, 6.45) is 4.19. The van der Waals surface area contributed by atoms with Crippen LogP contribution in [0, 0.1) is 11.8 Å². The van der Waals surface area contributed by atoms with Gasteiger partial charge < -0.3 is 10.0 Å². The lowest BCUT2D eigenvalue weighted by Gasteiger charge is -2.37.